The molecule has 0 fully saturated rings. The van der Waals surface area contributed by atoms with Crippen LogP contribution in [-0.2, 0) is 5.41 Å². The van der Waals surface area contributed by atoms with E-state index in [4.69, 9.17) is 5.73 Å². The van der Waals surface area contributed by atoms with Crippen LogP contribution in [0.3, 0.4) is 0 Å². The molecule has 0 aliphatic rings. The van der Waals surface area contributed by atoms with Gasteiger partial charge in [0.05, 0.1) is 5.69 Å². The molecule has 24 heavy (non-hydrogen) atoms. The fourth-order valence-electron chi connectivity index (χ4n) is 2.46. The molecule has 0 aliphatic heterocycles. The van der Waals surface area contributed by atoms with E-state index in [1.165, 1.54) is 11.1 Å². The van der Waals surface area contributed by atoms with Gasteiger partial charge in [-0.25, -0.2) is 0 Å². The molecule has 0 unspecified atom stereocenters. The summed E-state index contributed by atoms with van der Waals surface area (Å²) in [7, 11) is 0. The third-order valence-electron chi connectivity index (χ3n) is 4.08. The van der Waals surface area contributed by atoms with Crippen molar-refractivity contribution < 1.29 is 0 Å². The second-order valence-corrected chi connectivity index (χ2v) is 6.61. The molecule has 0 radical (unpaired) electrons. The van der Waals surface area contributed by atoms with E-state index in [0.29, 0.717) is 11.5 Å². The lowest BCUT2D eigenvalue weighted by atomic mass is 9.84. The van der Waals surface area contributed by atoms with Crippen molar-refractivity contribution in [1.82, 2.24) is 20.4 Å². The van der Waals surface area contributed by atoms with E-state index in [9.17, 15) is 0 Å². The highest BCUT2D eigenvalue weighted by molar-refractivity contribution is 5.58. The van der Waals surface area contributed by atoms with Crippen molar-refractivity contribution in [3.05, 3.63) is 53.6 Å². The second kappa shape index (κ2) is 6.31. The summed E-state index contributed by atoms with van der Waals surface area (Å²) in [6.45, 7) is 7.28. The number of nitrogens with zero attached hydrogens (tertiary/aromatic N) is 3. The van der Waals surface area contributed by atoms with Crippen LogP contribution in [0.25, 0.3) is 11.4 Å². The number of aromatic amines is 1. The van der Waals surface area contributed by atoms with E-state index in [1.54, 1.807) is 6.07 Å². The molecule has 6 heteroatoms. The minimum Gasteiger partial charge on any atom is -0.382 e. The van der Waals surface area contributed by atoms with Gasteiger partial charge < -0.3 is 11.1 Å². The SMILES string of the molecule is Cc1ccc(C(C)(C)CNc2ccc(-c3cc(N)n[nH]3)nn2)cc1. The first-order valence-electron chi connectivity index (χ1n) is 7.90. The number of hydrogen-bond acceptors (Lipinski definition) is 5. The molecule has 0 saturated heterocycles. The summed E-state index contributed by atoms with van der Waals surface area (Å²) in [6.07, 6.45) is 0. The van der Waals surface area contributed by atoms with Crippen LogP contribution in [-0.4, -0.2) is 26.9 Å². The number of H-pyrrole nitrogens is 1. The molecule has 6 nitrogen and oxygen atoms in total. The topological polar surface area (TPSA) is 92.5 Å². The highest BCUT2D eigenvalue weighted by Gasteiger charge is 2.20. The lowest BCUT2D eigenvalue weighted by Crippen LogP contribution is -2.28. The van der Waals surface area contributed by atoms with Gasteiger partial charge in [0.1, 0.15) is 17.3 Å². The average molecular weight is 322 g/mol. The molecule has 0 atom stereocenters. The van der Waals surface area contributed by atoms with Gasteiger partial charge >= 0.3 is 0 Å². The van der Waals surface area contributed by atoms with E-state index in [1.807, 2.05) is 12.1 Å². The maximum Gasteiger partial charge on any atom is 0.148 e. The molecule has 1 aromatic carbocycles. The van der Waals surface area contributed by atoms with E-state index < -0.39 is 0 Å². The highest BCUT2D eigenvalue weighted by Crippen LogP contribution is 2.24. The number of rotatable bonds is 5. The van der Waals surface area contributed by atoms with E-state index in [0.717, 1.165) is 18.1 Å². The van der Waals surface area contributed by atoms with Crippen LogP contribution in [0.2, 0.25) is 0 Å². The Hall–Kier alpha value is -2.89. The van der Waals surface area contributed by atoms with Gasteiger partial charge in [-0.2, -0.15) is 5.10 Å². The molecule has 2 aromatic heterocycles. The first kappa shape index (κ1) is 16.0. The molecular formula is C18H22N6. The summed E-state index contributed by atoms with van der Waals surface area (Å²) in [5.74, 6) is 1.18. The predicted octanol–water partition coefficient (Wildman–Crippen LogP) is 3.15. The van der Waals surface area contributed by atoms with Crippen molar-refractivity contribution in [3.8, 4) is 11.4 Å². The van der Waals surface area contributed by atoms with Gasteiger partial charge in [0.2, 0.25) is 0 Å². The lowest BCUT2D eigenvalue weighted by Gasteiger charge is -2.26. The average Bonchev–Trinajstić information content (AvgIpc) is 3.00. The number of hydrogen-bond donors (Lipinski definition) is 3. The molecule has 3 rings (SSSR count). The monoisotopic (exact) mass is 322 g/mol. The summed E-state index contributed by atoms with van der Waals surface area (Å²) in [6, 6.07) is 14.2. The molecule has 124 valence electrons. The fraction of sp³-hybridized carbons (Fsp3) is 0.278. The minimum absolute atomic E-state index is 0.00806. The Bertz CT molecular complexity index is 802. The van der Waals surface area contributed by atoms with Gasteiger partial charge in [-0.15, -0.1) is 10.2 Å². The van der Waals surface area contributed by atoms with Gasteiger partial charge in [0.25, 0.3) is 0 Å². The zero-order valence-corrected chi connectivity index (χ0v) is 14.2. The number of benzene rings is 1. The van der Waals surface area contributed by atoms with Crippen molar-refractivity contribution in [2.75, 3.05) is 17.6 Å². The van der Waals surface area contributed by atoms with Crippen molar-refractivity contribution in [1.29, 1.82) is 0 Å². The number of nitrogens with two attached hydrogens (primary N) is 1. The van der Waals surface area contributed by atoms with Crippen LogP contribution in [0.4, 0.5) is 11.6 Å². The molecule has 0 aliphatic carbocycles. The van der Waals surface area contributed by atoms with Gasteiger partial charge in [-0.05, 0) is 24.6 Å². The molecular weight excluding hydrogens is 300 g/mol. The van der Waals surface area contributed by atoms with Crippen LogP contribution in [0.1, 0.15) is 25.0 Å². The maximum absolute atomic E-state index is 5.60. The number of anilines is 2. The van der Waals surface area contributed by atoms with Crippen molar-refractivity contribution >= 4 is 11.6 Å². The van der Waals surface area contributed by atoms with Gasteiger partial charge in [-0.1, -0.05) is 43.7 Å². The first-order chi connectivity index (χ1) is 11.4. The van der Waals surface area contributed by atoms with E-state index in [2.05, 4.69) is 70.7 Å². The van der Waals surface area contributed by atoms with Gasteiger partial charge in [0, 0.05) is 18.0 Å². The van der Waals surface area contributed by atoms with Crippen LogP contribution < -0.4 is 11.1 Å². The minimum atomic E-state index is -0.00806. The third-order valence-corrected chi connectivity index (χ3v) is 4.08. The molecule has 0 saturated carbocycles. The van der Waals surface area contributed by atoms with Crippen LogP contribution in [0, 0.1) is 6.92 Å². The predicted molar refractivity (Wildman–Crippen MR) is 96.7 cm³/mol. The summed E-state index contributed by atoms with van der Waals surface area (Å²) in [4.78, 5) is 0. The number of nitrogens with one attached hydrogen (secondary N) is 2. The Morgan fingerprint density at radius 3 is 2.42 bits per heavy atom. The Morgan fingerprint density at radius 2 is 1.83 bits per heavy atom. The normalized spacial score (nSPS) is 11.5. The van der Waals surface area contributed by atoms with Gasteiger partial charge in [-0.3, -0.25) is 5.10 Å². The van der Waals surface area contributed by atoms with Crippen LogP contribution in [0.15, 0.2) is 42.5 Å². The van der Waals surface area contributed by atoms with Crippen molar-refractivity contribution in [2.24, 2.45) is 0 Å². The Morgan fingerprint density at radius 1 is 1.08 bits per heavy atom. The van der Waals surface area contributed by atoms with Crippen molar-refractivity contribution in [2.45, 2.75) is 26.2 Å². The second-order valence-electron chi connectivity index (χ2n) is 6.61. The van der Waals surface area contributed by atoms with E-state index >= 15 is 0 Å². The Labute approximate surface area is 141 Å². The lowest BCUT2D eigenvalue weighted by molar-refractivity contribution is 0.555. The van der Waals surface area contributed by atoms with Gasteiger partial charge in [0.15, 0.2) is 0 Å². The fourth-order valence-corrected chi connectivity index (χ4v) is 2.46. The first-order valence-corrected chi connectivity index (χ1v) is 7.90. The maximum atomic E-state index is 5.60. The Kier molecular flexibility index (Phi) is 4.20. The molecule has 4 N–H and O–H groups in total. The molecule has 2 heterocycles. The summed E-state index contributed by atoms with van der Waals surface area (Å²) in [5.41, 5.74) is 9.62. The van der Waals surface area contributed by atoms with Crippen LogP contribution in [0.5, 0.6) is 0 Å². The quantitative estimate of drug-likeness (QED) is 0.671. The molecule has 3 aromatic rings. The molecule has 0 amide bonds. The zero-order chi connectivity index (χ0) is 17.2. The summed E-state index contributed by atoms with van der Waals surface area (Å²) < 4.78 is 0. The van der Waals surface area contributed by atoms with Crippen molar-refractivity contribution in [3.63, 3.8) is 0 Å². The number of nitrogen functional groups attached to an aromatic ring is 1. The zero-order valence-electron chi connectivity index (χ0n) is 14.2. The Balaban J connectivity index is 1.67. The smallest absolute Gasteiger partial charge is 0.148 e. The van der Waals surface area contributed by atoms with E-state index in [-0.39, 0.29) is 5.41 Å². The third kappa shape index (κ3) is 3.53. The standard InChI is InChI=1S/C18H22N6/c1-12-4-6-13(7-5-12)18(2,3)11-20-17-9-8-14(21-24-17)15-10-16(19)23-22-15/h4-10H,11H2,1-3H3,(H,20,24)(H3,19,22,23). The molecule has 0 spiro atoms. The van der Waals surface area contributed by atoms with Crippen LogP contribution >= 0.6 is 0 Å². The number of aryl methyl sites for hydroxylation is 1. The largest absolute Gasteiger partial charge is 0.382 e. The summed E-state index contributed by atoms with van der Waals surface area (Å²) >= 11 is 0. The molecule has 0 bridgehead atoms. The number of aromatic nitrogens is 4. The highest BCUT2D eigenvalue weighted by atomic mass is 15.2. The summed E-state index contributed by atoms with van der Waals surface area (Å²) in [5, 5.41) is 18.5.